The third kappa shape index (κ3) is 4.93. The fourth-order valence-corrected chi connectivity index (χ4v) is 4.12. The van der Waals surface area contributed by atoms with Crippen LogP contribution < -0.4 is 5.43 Å². The third-order valence-corrected chi connectivity index (χ3v) is 6.34. The second-order valence-electron chi connectivity index (χ2n) is 5.99. The Labute approximate surface area is 165 Å². The lowest BCUT2D eigenvalue weighted by Gasteiger charge is -2.18. The molecule has 1 N–H and O–H groups in total. The molecule has 0 atom stereocenters. The number of benzene rings is 2. The van der Waals surface area contributed by atoms with Crippen LogP contribution in [0.25, 0.3) is 0 Å². The van der Waals surface area contributed by atoms with Crippen molar-refractivity contribution in [3.8, 4) is 0 Å². The molecule has 0 aliphatic carbocycles. The molecule has 28 heavy (non-hydrogen) atoms. The van der Waals surface area contributed by atoms with E-state index in [1.54, 1.807) is 20.1 Å². The highest BCUT2D eigenvalue weighted by Crippen LogP contribution is 2.29. The van der Waals surface area contributed by atoms with Crippen LogP contribution in [0.3, 0.4) is 0 Å². The number of nitrogens with zero attached hydrogens (tertiary/aromatic N) is 3. The zero-order valence-electron chi connectivity index (χ0n) is 16.1. The number of hydrazone groups is 1. The maximum absolute atomic E-state index is 12.6. The van der Waals surface area contributed by atoms with Crippen molar-refractivity contribution in [1.82, 2.24) is 4.31 Å². The van der Waals surface area contributed by atoms with Gasteiger partial charge in [0.15, 0.2) is 0 Å². The van der Waals surface area contributed by atoms with Crippen LogP contribution in [0, 0.1) is 10.1 Å². The predicted molar refractivity (Wildman–Crippen MR) is 110 cm³/mol. The Kier molecular flexibility index (Phi) is 7.24. The maximum atomic E-state index is 12.6. The molecule has 0 spiro atoms. The van der Waals surface area contributed by atoms with Crippen molar-refractivity contribution in [3.63, 3.8) is 0 Å². The number of hydrogen-bond acceptors (Lipinski definition) is 6. The first-order valence-electron chi connectivity index (χ1n) is 9.00. The highest BCUT2D eigenvalue weighted by atomic mass is 32.2. The molecule has 0 heterocycles. The molecule has 0 saturated carbocycles. The van der Waals surface area contributed by atoms with Crippen molar-refractivity contribution < 1.29 is 13.3 Å². The number of rotatable bonds is 9. The summed E-state index contributed by atoms with van der Waals surface area (Å²) in [6, 6.07) is 11.5. The molecule has 9 heteroatoms. The zero-order chi connectivity index (χ0) is 20.7. The summed E-state index contributed by atoms with van der Waals surface area (Å²) in [6.45, 7) is 6.07. The standard InChI is InChI=1S/C19H24N4O4S/c1-4-15-7-9-16(10-8-15)14-20-21-18-12-11-17(13-19(18)23(24)25)28(26,27)22(5-2)6-3/h7-14,21H,4-6H2,1-3H3/b20-14-. The van der Waals surface area contributed by atoms with Crippen molar-refractivity contribution in [2.75, 3.05) is 18.5 Å². The lowest BCUT2D eigenvalue weighted by atomic mass is 10.1. The van der Waals surface area contributed by atoms with Crippen LogP contribution in [0.1, 0.15) is 31.9 Å². The number of anilines is 1. The van der Waals surface area contributed by atoms with Crippen molar-refractivity contribution >= 4 is 27.6 Å². The van der Waals surface area contributed by atoms with Gasteiger partial charge >= 0.3 is 0 Å². The van der Waals surface area contributed by atoms with Gasteiger partial charge in [-0.05, 0) is 29.7 Å². The summed E-state index contributed by atoms with van der Waals surface area (Å²) < 4.78 is 26.4. The summed E-state index contributed by atoms with van der Waals surface area (Å²) in [4.78, 5) is 10.7. The molecule has 2 rings (SSSR count). The number of sulfonamides is 1. The number of nitrogens with one attached hydrogen (secondary N) is 1. The monoisotopic (exact) mass is 404 g/mol. The number of nitro groups is 1. The molecule has 0 fully saturated rings. The molecule has 0 unspecified atom stereocenters. The Morgan fingerprint density at radius 3 is 2.29 bits per heavy atom. The molecule has 0 aliphatic rings. The SMILES string of the molecule is CCc1ccc(/C=N\Nc2ccc(S(=O)(=O)N(CC)CC)cc2[N+](=O)[O-])cc1. The molecule has 0 aromatic heterocycles. The van der Waals surface area contributed by atoms with Gasteiger partial charge in [-0.15, -0.1) is 0 Å². The molecule has 0 amide bonds. The van der Waals surface area contributed by atoms with Gasteiger partial charge in [0, 0.05) is 19.2 Å². The summed E-state index contributed by atoms with van der Waals surface area (Å²) in [6.07, 6.45) is 2.48. The Morgan fingerprint density at radius 1 is 1.11 bits per heavy atom. The fourth-order valence-electron chi connectivity index (χ4n) is 2.65. The van der Waals surface area contributed by atoms with Crippen LogP contribution in [0.2, 0.25) is 0 Å². The van der Waals surface area contributed by atoms with E-state index in [4.69, 9.17) is 0 Å². The van der Waals surface area contributed by atoms with Gasteiger partial charge in [0.2, 0.25) is 10.0 Å². The van der Waals surface area contributed by atoms with Gasteiger partial charge in [0.25, 0.3) is 5.69 Å². The Bertz CT molecular complexity index is 952. The number of nitro benzene ring substituents is 1. The minimum Gasteiger partial charge on any atom is -0.272 e. The summed E-state index contributed by atoms with van der Waals surface area (Å²) in [5.41, 5.74) is 4.43. The van der Waals surface area contributed by atoms with Crippen molar-refractivity contribution in [2.45, 2.75) is 32.1 Å². The van der Waals surface area contributed by atoms with E-state index in [0.717, 1.165) is 18.1 Å². The second-order valence-corrected chi connectivity index (χ2v) is 7.93. The van der Waals surface area contributed by atoms with Crippen LogP contribution in [0.15, 0.2) is 52.5 Å². The van der Waals surface area contributed by atoms with Crippen molar-refractivity contribution in [2.24, 2.45) is 5.10 Å². The highest BCUT2D eigenvalue weighted by Gasteiger charge is 2.25. The van der Waals surface area contributed by atoms with Crippen LogP contribution in [-0.4, -0.2) is 37.0 Å². The van der Waals surface area contributed by atoms with Crippen molar-refractivity contribution in [3.05, 3.63) is 63.7 Å². The summed E-state index contributed by atoms with van der Waals surface area (Å²) in [5.74, 6) is 0. The van der Waals surface area contributed by atoms with E-state index in [2.05, 4.69) is 17.5 Å². The molecule has 0 radical (unpaired) electrons. The highest BCUT2D eigenvalue weighted by molar-refractivity contribution is 7.89. The quantitative estimate of drug-likeness (QED) is 0.390. The summed E-state index contributed by atoms with van der Waals surface area (Å²) in [7, 11) is -3.78. The molecule has 150 valence electrons. The van der Waals surface area contributed by atoms with E-state index in [9.17, 15) is 18.5 Å². The fraction of sp³-hybridized carbons (Fsp3) is 0.316. The van der Waals surface area contributed by atoms with Crippen LogP contribution >= 0.6 is 0 Å². The molecular formula is C19H24N4O4S. The number of aryl methyl sites for hydroxylation is 1. The Morgan fingerprint density at radius 2 is 1.75 bits per heavy atom. The van der Waals surface area contributed by atoms with Gasteiger partial charge in [-0.25, -0.2) is 8.42 Å². The summed E-state index contributed by atoms with van der Waals surface area (Å²) >= 11 is 0. The van der Waals surface area contributed by atoms with E-state index in [1.165, 1.54) is 22.0 Å². The number of hydrogen-bond donors (Lipinski definition) is 1. The Hall–Kier alpha value is -2.78. The molecular weight excluding hydrogens is 380 g/mol. The second kappa shape index (κ2) is 9.43. The van der Waals surface area contributed by atoms with Gasteiger partial charge in [0.1, 0.15) is 5.69 Å². The van der Waals surface area contributed by atoms with E-state index in [-0.39, 0.29) is 29.4 Å². The molecule has 0 aliphatic heterocycles. The summed E-state index contributed by atoms with van der Waals surface area (Å²) in [5, 5.41) is 15.4. The van der Waals surface area contributed by atoms with Crippen molar-refractivity contribution in [1.29, 1.82) is 0 Å². The lowest BCUT2D eigenvalue weighted by Crippen LogP contribution is -2.30. The topological polar surface area (TPSA) is 105 Å². The van der Waals surface area contributed by atoms with Gasteiger partial charge in [-0.2, -0.15) is 9.41 Å². The van der Waals surface area contributed by atoms with Crippen LogP contribution in [0.4, 0.5) is 11.4 Å². The lowest BCUT2D eigenvalue weighted by molar-refractivity contribution is -0.384. The van der Waals surface area contributed by atoms with E-state index in [0.29, 0.717) is 0 Å². The Balaban J connectivity index is 2.27. The smallest absolute Gasteiger partial charge is 0.272 e. The third-order valence-electron chi connectivity index (χ3n) is 4.30. The largest absolute Gasteiger partial charge is 0.295 e. The zero-order valence-corrected chi connectivity index (χ0v) is 16.9. The first kappa shape index (κ1) is 21.5. The molecule has 8 nitrogen and oxygen atoms in total. The van der Waals surface area contributed by atoms with Crippen LogP contribution in [0.5, 0.6) is 0 Å². The van der Waals surface area contributed by atoms with E-state index in [1.807, 2.05) is 24.3 Å². The van der Waals surface area contributed by atoms with E-state index < -0.39 is 14.9 Å². The molecule has 0 bridgehead atoms. The average molecular weight is 404 g/mol. The molecule has 0 saturated heterocycles. The predicted octanol–water partition coefficient (Wildman–Crippen LogP) is 3.63. The first-order chi connectivity index (χ1) is 13.3. The van der Waals surface area contributed by atoms with Gasteiger partial charge in [0.05, 0.1) is 16.0 Å². The first-order valence-corrected chi connectivity index (χ1v) is 10.4. The van der Waals surface area contributed by atoms with E-state index >= 15 is 0 Å². The normalized spacial score (nSPS) is 11.9. The minimum absolute atomic E-state index is 0.116. The van der Waals surface area contributed by atoms with Gasteiger partial charge < -0.3 is 0 Å². The van der Waals surface area contributed by atoms with Gasteiger partial charge in [-0.3, -0.25) is 15.5 Å². The minimum atomic E-state index is -3.78. The molecule has 2 aromatic rings. The average Bonchev–Trinajstić information content (AvgIpc) is 2.69. The van der Waals surface area contributed by atoms with Gasteiger partial charge in [-0.1, -0.05) is 45.0 Å². The maximum Gasteiger partial charge on any atom is 0.295 e. The van der Waals surface area contributed by atoms with Crippen LogP contribution in [-0.2, 0) is 16.4 Å². The molecule has 2 aromatic carbocycles.